The first-order valence-electron chi connectivity index (χ1n) is 7.87. The Balaban J connectivity index is 1.57. The van der Waals surface area contributed by atoms with Crippen LogP contribution in [0.1, 0.15) is 18.4 Å². The van der Waals surface area contributed by atoms with Crippen LogP contribution in [0, 0.1) is 11.7 Å². The first kappa shape index (κ1) is 17.2. The highest BCUT2D eigenvalue weighted by Crippen LogP contribution is 2.07. The monoisotopic (exact) mass is 322 g/mol. The Morgan fingerprint density at radius 1 is 1.17 bits per heavy atom. The minimum atomic E-state index is -0.427. The molecule has 1 aromatic carbocycles. The van der Waals surface area contributed by atoms with Gasteiger partial charge in [-0.3, -0.25) is 4.79 Å². The van der Waals surface area contributed by atoms with E-state index in [-0.39, 0.29) is 24.8 Å². The average Bonchev–Trinajstić information content (AvgIpc) is 2.58. The number of hydrogen-bond acceptors (Lipinski definition) is 3. The number of benzene rings is 1. The molecule has 1 heterocycles. The number of halogens is 1. The van der Waals surface area contributed by atoms with Gasteiger partial charge in [-0.2, -0.15) is 0 Å². The molecular weight excluding hydrogens is 299 g/mol. The lowest BCUT2D eigenvalue weighted by molar-refractivity contribution is -0.120. The summed E-state index contributed by atoms with van der Waals surface area (Å²) in [6, 6.07) is 5.44. The van der Waals surface area contributed by atoms with Gasteiger partial charge in [0.1, 0.15) is 5.82 Å². The summed E-state index contributed by atoms with van der Waals surface area (Å²) in [6.07, 6.45) is 2.24. The third kappa shape index (κ3) is 6.65. The summed E-state index contributed by atoms with van der Waals surface area (Å²) in [5.74, 6) is -0.0597. The minimum absolute atomic E-state index is 0.0601. The molecule has 23 heavy (non-hydrogen) atoms. The van der Waals surface area contributed by atoms with Crippen LogP contribution < -0.4 is 21.3 Å². The van der Waals surface area contributed by atoms with Gasteiger partial charge in [-0.25, -0.2) is 9.18 Å². The fraction of sp³-hybridized carbons (Fsp3) is 0.500. The summed E-state index contributed by atoms with van der Waals surface area (Å²) in [7, 11) is 0. The first-order valence-corrected chi connectivity index (χ1v) is 7.87. The van der Waals surface area contributed by atoms with Crippen LogP contribution in [0.3, 0.4) is 0 Å². The highest BCUT2D eigenvalue weighted by Gasteiger charge is 2.14. The van der Waals surface area contributed by atoms with E-state index in [2.05, 4.69) is 21.3 Å². The molecule has 3 amide bonds. The average molecular weight is 322 g/mol. The van der Waals surface area contributed by atoms with Gasteiger partial charge < -0.3 is 21.3 Å². The van der Waals surface area contributed by atoms with E-state index in [4.69, 9.17) is 0 Å². The molecule has 1 aliphatic rings. The van der Waals surface area contributed by atoms with Gasteiger partial charge in [0.25, 0.3) is 0 Å². The zero-order valence-corrected chi connectivity index (χ0v) is 13.0. The van der Waals surface area contributed by atoms with E-state index < -0.39 is 6.03 Å². The maximum absolute atomic E-state index is 12.8. The molecular formula is C16H23FN4O2. The molecule has 126 valence electrons. The highest BCUT2D eigenvalue weighted by atomic mass is 19.1. The summed E-state index contributed by atoms with van der Waals surface area (Å²) >= 11 is 0. The van der Waals surface area contributed by atoms with Crippen molar-refractivity contribution in [3.05, 3.63) is 35.6 Å². The van der Waals surface area contributed by atoms with Crippen LogP contribution in [0.4, 0.5) is 9.18 Å². The van der Waals surface area contributed by atoms with Crippen molar-refractivity contribution < 1.29 is 14.0 Å². The van der Waals surface area contributed by atoms with E-state index in [1.54, 1.807) is 12.1 Å². The molecule has 1 saturated heterocycles. The van der Waals surface area contributed by atoms with Gasteiger partial charge >= 0.3 is 6.03 Å². The number of hydrogen-bond donors (Lipinski definition) is 4. The van der Waals surface area contributed by atoms with Crippen molar-refractivity contribution in [3.63, 3.8) is 0 Å². The van der Waals surface area contributed by atoms with Gasteiger partial charge in [-0.15, -0.1) is 0 Å². The quantitative estimate of drug-likeness (QED) is 0.623. The van der Waals surface area contributed by atoms with Crippen LogP contribution >= 0.6 is 0 Å². The standard InChI is InChI=1S/C16H23FN4O2/c17-14-5-3-12(4-6-14)9-20-16(23)21-11-15(22)19-10-13-2-1-7-18-8-13/h3-6,13,18H,1-2,7-11H2,(H,19,22)(H2,20,21,23)/t13-/m0/s1. The predicted octanol–water partition coefficient (Wildman–Crippen LogP) is 0.741. The Labute approximate surface area is 135 Å². The van der Waals surface area contributed by atoms with E-state index in [1.165, 1.54) is 12.1 Å². The van der Waals surface area contributed by atoms with E-state index in [0.29, 0.717) is 12.5 Å². The van der Waals surface area contributed by atoms with E-state index in [0.717, 1.165) is 31.5 Å². The number of nitrogens with one attached hydrogen (secondary N) is 4. The summed E-state index contributed by atoms with van der Waals surface area (Å²) in [6.45, 7) is 2.81. The number of carbonyl (C=O) groups is 2. The summed E-state index contributed by atoms with van der Waals surface area (Å²) in [5, 5.41) is 11.2. The predicted molar refractivity (Wildman–Crippen MR) is 85.2 cm³/mol. The zero-order valence-electron chi connectivity index (χ0n) is 13.0. The molecule has 7 heteroatoms. The Morgan fingerprint density at radius 2 is 1.96 bits per heavy atom. The fourth-order valence-corrected chi connectivity index (χ4v) is 2.43. The second-order valence-electron chi connectivity index (χ2n) is 5.68. The third-order valence-corrected chi connectivity index (χ3v) is 3.76. The van der Waals surface area contributed by atoms with Gasteiger partial charge in [-0.1, -0.05) is 12.1 Å². The molecule has 1 fully saturated rings. The Morgan fingerprint density at radius 3 is 2.65 bits per heavy atom. The van der Waals surface area contributed by atoms with E-state index in [9.17, 15) is 14.0 Å². The molecule has 1 aromatic rings. The molecule has 0 aromatic heterocycles. The highest BCUT2D eigenvalue weighted by molar-refractivity contribution is 5.83. The van der Waals surface area contributed by atoms with Gasteiger partial charge in [0.2, 0.25) is 5.91 Å². The van der Waals surface area contributed by atoms with Crippen LogP contribution in [0.25, 0.3) is 0 Å². The minimum Gasteiger partial charge on any atom is -0.354 e. The lowest BCUT2D eigenvalue weighted by Crippen LogP contribution is -2.44. The largest absolute Gasteiger partial charge is 0.354 e. The first-order chi connectivity index (χ1) is 11.1. The van der Waals surface area contributed by atoms with E-state index in [1.807, 2.05) is 0 Å². The third-order valence-electron chi connectivity index (χ3n) is 3.76. The van der Waals surface area contributed by atoms with Gasteiger partial charge in [0, 0.05) is 13.1 Å². The topological polar surface area (TPSA) is 82.3 Å². The Kier molecular flexibility index (Phi) is 6.80. The van der Waals surface area contributed by atoms with Crippen LogP contribution in [0.15, 0.2) is 24.3 Å². The number of carbonyl (C=O) groups excluding carboxylic acids is 2. The van der Waals surface area contributed by atoms with Crippen LogP contribution in [0.2, 0.25) is 0 Å². The van der Waals surface area contributed by atoms with Crippen molar-refractivity contribution in [2.24, 2.45) is 5.92 Å². The Bertz CT molecular complexity index is 515. The lowest BCUT2D eigenvalue weighted by Gasteiger charge is -2.22. The maximum atomic E-state index is 12.8. The molecule has 0 aliphatic carbocycles. The molecule has 0 unspecified atom stereocenters. The Hall–Kier alpha value is -2.15. The summed E-state index contributed by atoms with van der Waals surface area (Å²) < 4.78 is 12.8. The van der Waals surface area contributed by atoms with E-state index >= 15 is 0 Å². The smallest absolute Gasteiger partial charge is 0.315 e. The second-order valence-corrected chi connectivity index (χ2v) is 5.68. The van der Waals surface area contributed by atoms with Gasteiger partial charge in [0.15, 0.2) is 0 Å². The molecule has 0 bridgehead atoms. The fourth-order valence-electron chi connectivity index (χ4n) is 2.43. The number of amides is 3. The summed E-state index contributed by atoms with van der Waals surface area (Å²) in [4.78, 5) is 23.3. The van der Waals surface area contributed by atoms with Crippen molar-refractivity contribution in [3.8, 4) is 0 Å². The van der Waals surface area contributed by atoms with Crippen molar-refractivity contribution in [2.45, 2.75) is 19.4 Å². The lowest BCUT2D eigenvalue weighted by atomic mass is 10.00. The van der Waals surface area contributed by atoms with Crippen LogP contribution in [-0.2, 0) is 11.3 Å². The number of urea groups is 1. The van der Waals surface area contributed by atoms with Crippen molar-refractivity contribution in [2.75, 3.05) is 26.2 Å². The number of piperidine rings is 1. The maximum Gasteiger partial charge on any atom is 0.315 e. The zero-order chi connectivity index (χ0) is 16.5. The SMILES string of the molecule is O=C(CNC(=O)NCc1ccc(F)cc1)NC[C@H]1CCCNC1. The summed E-state index contributed by atoms with van der Waals surface area (Å²) in [5.41, 5.74) is 0.788. The number of rotatable bonds is 6. The molecule has 4 N–H and O–H groups in total. The second kappa shape index (κ2) is 9.09. The molecule has 1 atom stereocenters. The molecule has 6 nitrogen and oxygen atoms in total. The van der Waals surface area contributed by atoms with Crippen molar-refractivity contribution in [1.82, 2.24) is 21.3 Å². The molecule has 2 rings (SSSR count). The van der Waals surface area contributed by atoms with Crippen molar-refractivity contribution >= 4 is 11.9 Å². The van der Waals surface area contributed by atoms with Crippen molar-refractivity contribution in [1.29, 1.82) is 0 Å². The molecule has 0 radical (unpaired) electrons. The molecule has 0 spiro atoms. The van der Waals surface area contributed by atoms with Gasteiger partial charge in [0.05, 0.1) is 6.54 Å². The molecule has 1 aliphatic heterocycles. The van der Waals surface area contributed by atoms with Gasteiger partial charge in [-0.05, 0) is 49.5 Å². The van der Waals surface area contributed by atoms with Crippen LogP contribution in [-0.4, -0.2) is 38.1 Å². The van der Waals surface area contributed by atoms with Crippen LogP contribution in [0.5, 0.6) is 0 Å². The normalized spacial score (nSPS) is 17.3. The molecule has 0 saturated carbocycles.